The highest BCUT2D eigenvalue weighted by molar-refractivity contribution is 7.19. The molecule has 0 unspecified atom stereocenters. The van der Waals surface area contributed by atoms with Gasteiger partial charge in [-0.1, -0.05) is 20.8 Å². The molecule has 0 spiro atoms. The van der Waals surface area contributed by atoms with Crippen LogP contribution >= 0.6 is 11.3 Å². The highest BCUT2D eigenvalue weighted by atomic mass is 32.1. The van der Waals surface area contributed by atoms with Gasteiger partial charge in [-0.3, -0.25) is 9.59 Å². The van der Waals surface area contributed by atoms with E-state index in [0.29, 0.717) is 27.8 Å². The lowest BCUT2D eigenvalue weighted by Crippen LogP contribution is -2.20. The van der Waals surface area contributed by atoms with Crippen LogP contribution in [0.15, 0.2) is 0 Å². The molecule has 0 bridgehead atoms. The van der Waals surface area contributed by atoms with Crippen LogP contribution in [0, 0.1) is 5.92 Å². The highest BCUT2D eigenvalue weighted by Gasteiger charge is 2.24. The van der Waals surface area contributed by atoms with Crippen molar-refractivity contribution in [3.63, 3.8) is 0 Å². The van der Waals surface area contributed by atoms with E-state index in [1.54, 1.807) is 14.0 Å². The lowest BCUT2D eigenvalue weighted by atomic mass is 10.1. The van der Waals surface area contributed by atoms with Crippen molar-refractivity contribution in [3.8, 4) is 0 Å². The topological polar surface area (TPSA) is 84.2 Å². The molecule has 0 aromatic carbocycles. The molecule has 1 amide bonds. The highest BCUT2D eigenvalue weighted by Crippen LogP contribution is 2.36. The summed E-state index contributed by atoms with van der Waals surface area (Å²) in [7, 11) is 1.55. The zero-order chi connectivity index (χ0) is 14.6. The van der Waals surface area contributed by atoms with Crippen molar-refractivity contribution in [2.75, 3.05) is 24.6 Å². The molecule has 0 aliphatic heterocycles. The molecular weight excluding hydrogens is 262 g/mol. The maximum atomic E-state index is 11.9. The van der Waals surface area contributed by atoms with Gasteiger partial charge in [0.15, 0.2) is 5.78 Å². The van der Waals surface area contributed by atoms with Crippen molar-refractivity contribution >= 4 is 33.7 Å². The van der Waals surface area contributed by atoms with Crippen molar-refractivity contribution in [3.05, 3.63) is 10.4 Å². The van der Waals surface area contributed by atoms with E-state index >= 15 is 0 Å². The number of thiophene rings is 1. The van der Waals surface area contributed by atoms with Gasteiger partial charge in [0.2, 0.25) is 0 Å². The van der Waals surface area contributed by atoms with Crippen LogP contribution in [0.4, 0.5) is 10.7 Å². The Bertz CT molecular complexity index is 480. The van der Waals surface area contributed by atoms with Crippen molar-refractivity contribution in [1.82, 2.24) is 5.32 Å². The van der Waals surface area contributed by atoms with Gasteiger partial charge in [0.25, 0.3) is 5.91 Å². The summed E-state index contributed by atoms with van der Waals surface area (Å²) in [6, 6.07) is 0. The Kier molecular flexibility index (Phi) is 5.35. The summed E-state index contributed by atoms with van der Waals surface area (Å²) in [5.41, 5.74) is 6.61. The van der Waals surface area contributed by atoms with E-state index in [9.17, 15) is 9.59 Å². The number of hydrogen-bond acceptors (Lipinski definition) is 5. The van der Waals surface area contributed by atoms with Crippen molar-refractivity contribution in [2.24, 2.45) is 5.92 Å². The number of carbonyl (C=O) groups is 2. The van der Waals surface area contributed by atoms with Gasteiger partial charge in [0.1, 0.15) is 5.00 Å². The van der Waals surface area contributed by atoms with Crippen LogP contribution in [0.3, 0.4) is 0 Å². The summed E-state index contributed by atoms with van der Waals surface area (Å²) in [6.07, 6.45) is 0.377. The number of Topliss-reactive ketones (excluding diaryl/α,β-unsaturated/α-hetero) is 1. The number of anilines is 2. The minimum absolute atomic E-state index is 0.0368. The molecule has 0 saturated carbocycles. The molecule has 19 heavy (non-hydrogen) atoms. The molecule has 106 valence electrons. The standard InChI is InChI=1S/C13H21N3O2S/c1-5-8(17)11-10(14)9(12(18)15-4)13(19-11)16-6-7(2)3/h7,16H,5-6,14H2,1-4H3,(H,15,18). The molecule has 5 nitrogen and oxygen atoms in total. The predicted octanol–water partition coefficient (Wildman–Crippen LogP) is 2.35. The Morgan fingerprint density at radius 3 is 2.47 bits per heavy atom. The van der Waals surface area contributed by atoms with Gasteiger partial charge >= 0.3 is 0 Å². The smallest absolute Gasteiger partial charge is 0.256 e. The minimum Gasteiger partial charge on any atom is -0.397 e. The molecule has 1 heterocycles. The number of nitrogens with two attached hydrogens (primary N) is 1. The SMILES string of the molecule is CCC(=O)c1sc(NCC(C)C)c(C(=O)NC)c1N. The van der Waals surface area contributed by atoms with Crippen LogP contribution in [0.2, 0.25) is 0 Å². The Morgan fingerprint density at radius 1 is 1.37 bits per heavy atom. The van der Waals surface area contributed by atoms with Crippen molar-refractivity contribution in [1.29, 1.82) is 0 Å². The van der Waals surface area contributed by atoms with Gasteiger partial charge in [0, 0.05) is 20.0 Å². The van der Waals surface area contributed by atoms with Crippen LogP contribution in [0.5, 0.6) is 0 Å². The molecule has 4 N–H and O–H groups in total. The first-order valence-corrected chi connectivity index (χ1v) is 7.15. The third kappa shape index (κ3) is 3.47. The minimum atomic E-state index is -0.268. The monoisotopic (exact) mass is 283 g/mol. The molecule has 6 heteroatoms. The quantitative estimate of drug-likeness (QED) is 0.700. The zero-order valence-corrected chi connectivity index (χ0v) is 12.6. The first-order valence-electron chi connectivity index (χ1n) is 6.33. The third-order valence-corrected chi connectivity index (χ3v) is 3.85. The number of ketones is 1. The number of nitrogen functional groups attached to an aromatic ring is 1. The normalized spacial score (nSPS) is 10.6. The molecule has 0 fully saturated rings. The van der Waals surface area contributed by atoms with E-state index in [4.69, 9.17) is 5.73 Å². The Balaban J connectivity index is 3.19. The summed E-state index contributed by atoms with van der Waals surface area (Å²) in [6.45, 7) is 6.65. The number of rotatable bonds is 6. The third-order valence-electron chi connectivity index (χ3n) is 2.64. The number of nitrogens with one attached hydrogen (secondary N) is 2. The second-order valence-corrected chi connectivity index (χ2v) is 5.70. The predicted molar refractivity (Wildman–Crippen MR) is 80.1 cm³/mol. The van der Waals surface area contributed by atoms with Gasteiger partial charge in [-0.05, 0) is 5.92 Å². The van der Waals surface area contributed by atoms with E-state index in [-0.39, 0.29) is 17.4 Å². The largest absolute Gasteiger partial charge is 0.397 e. The lowest BCUT2D eigenvalue weighted by Gasteiger charge is -2.09. The molecule has 0 aliphatic rings. The van der Waals surface area contributed by atoms with Crippen LogP contribution in [-0.4, -0.2) is 25.3 Å². The molecule has 0 atom stereocenters. The van der Waals surface area contributed by atoms with Gasteiger partial charge in [-0.25, -0.2) is 0 Å². The summed E-state index contributed by atoms with van der Waals surface area (Å²) < 4.78 is 0. The zero-order valence-electron chi connectivity index (χ0n) is 11.8. The van der Waals surface area contributed by atoms with Crippen LogP contribution in [0.1, 0.15) is 47.2 Å². The van der Waals surface area contributed by atoms with E-state index in [1.165, 1.54) is 11.3 Å². The second-order valence-electron chi connectivity index (χ2n) is 4.68. The average Bonchev–Trinajstić information content (AvgIpc) is 2.71. The molecular formula is C13H21N3O2S. The average molecular weight is 283 g/mol. The number of hydrogen-bond donors (Lipinski definition) is 3. The summed E-state index contributed by atoms with van der Waals surface area (Å²) in [5, 5.41) is 6.42. The molecule has 0 saturated heterocycles. The van der Waals surface area contributed by atoms with Gasteiger partial charge in [-0.2, -0.15) is 0 Å². The van der Waals surface area contributed by atoms with Gasteiger partial charge in [-0.15, -0.1) is 11.3 Å². The van der Waals surface area contributed by atoms with Gasteiger partial charge in [0.05, 0.1) is 16.1 Å². The molecule has 1 aromatic rings. The molecule has 0 radical (unpaired) electrons. The maximum absolute atomic E-state index is 11.9. The Hall–Kier alpha value is -1.56. The number of amides is 1. The summed E-state index contributed by atoms with van der Waals surface area (Å²) in [4.78, 5) is 24.2. The maximum Gasteiger partial charge on any atom is 0.256 e. The fourth-order valence-electron chi connectivity index (χ4n) is 1.58. The van der Waals surface area contributed by atoms with Crippen LogP contribution in [0.25, 0.3) is 0 Å². The van der Waals surface area contributed by atoms with E-state index in [2.05, 4.69) is 24.5 Å². The lowest BCUT2D eigenvalue weighted by molar-refractivity contribution is 0.0964. The Labute approximate surface area is 117 Å². The fourth-order valence-corrected chi connectivity index (χ4v) is 2.72. The first kappa shape index (κ1) is 15.5. The summed E-state index contributed by atoms with van der Waals surface area (Å²) in [5.74, 6) is 0.131. The molecule has 0 aliphatic carbocycles. The van der Waals surface area contributed by atoms with Crippen LogP contribution in [-0.2, 0) is 0 Å². The summed E-state index contributed by atoms with van der Waals surface area (Å²) >= 11 is 1.26. The van der Waals surface area contributed by atoms with Crippen molar-refractivity contribution < 1.29 is 9.59 Å². The van der Waals surface area contributed by atoms with Crippen molar-refractivity contribution in [2.45, 2.75) is 27.2 Å². The Morgan fingerprint density at radius 2 is 2.00 bits per heavy atom. The van der Waals surface area contributed by atoms with Gasteiger partial charge < -0.3 is 16.4 Å². The first-order chi connectivity index (χ1) is 8.92. The van der Waals surface area contributed by atoms with E-state index in [0.717, 1.165) is 6.54 Å². The number of carbonyl (C=O) groups excluding carboxylic acids is 2. The van der Waals surface area contributed by atoms with Crippen LogP contribution < -0.4 is 16.4 Å². The second kappa shape index (κ2) is 6.56. The fraction of sp³-hybridized carbons (Fsp3) is 0.538. The molecule has 1 aromatic heterocycles. The van der Waals surface area contributed by atoms with E-state index < -0.39 is 0 Å². The van der Waals surface area contributed by atoms with E-state index in [1.807, 2.05) is 0 Å². The molecule has 1 rings (SSSR count).